The maximum atomic E-state index is 12.8. The summed E-state index contributed by atoms with van der Waals surface area (Å²) in [7, 11) is 0. The Morgan fingerprint density at radius 1 is 1.25 bits per heavy atom. The highest BCUT2D eigenvalue weighted by molar-refractivity contribution is 5.89. The van der Waals surface area contributed by atoms with Crippen molar-refractivity contribution in [3.05, 3.63) is 35.4 Å². The number of hydrogen-bond acceptors (Lipinski definition) is 4. The van der Waals surface area contributed by atoms with Crippen LogP contribution in [0.1, 0.15) is 36.8 Å². The molecule has 0 spiro atoms. The van der Waals surface area contributed by atoms with Crippen LogP contribution in [0.3, 0.4) is 0 Å². The molecule has 1 unspecified atom stereocenters. The number of carboxylic acids is 1. The van der Waals surface area contributed by atoms with Crippen LogP contribution in [0.5, 0.6) is 0 Å². The first-order chi connectivity index (χ1) is 15.0. The van der Waals surface area contributed by atoms with E-state index < -0.39 is 12.1 Å². The SMILES string of the molecule is Cc1cccc(CN2CCNC(=O)C2CC(=O)N2C[C@H]3CC[C@H]2C3)c1.O=C(O)C(F)(F)F. The van der Waals surface area contributed by atoms with Crippen molar-refractivity contribution in [1.82, 2.24) is 15.1 Å². The van der Waals surface area contributed by atoms with Gasteiger partial charge < -0.3 is 15.3 Å². The third-order valence-corrected chi connectivity index (χ3v) is 6.25. The number of halogens is 3. The van der Waals surface area contributed by atoms with Gasteiger partial charge in [-0.1, -0.05) is 29.8 Å². The lowest BCUT2D eigenvalue weighted by Crippen LogP contribution is -2.56. The molecule has 2 heterocycles. The number of piperidine rings is 1. The van der Waals surface area contributed by atoms with Crippen LogP contribution in [-0.4, -0.2) is 70.6 Å². The van der Waals surface area contributed by atoms with Crippen LogP contribution < -0.4 is 5.32 Å². The molecular weight excluding hydrogens is 427 g/mol. The summed E-state index contributed by atoms with van der Waals surface area (Å²) in [5.74, 6) is -1.91. The lowest BCUT2D eigenvalue weighted by Gasteiger charge is -2.36. The molecule has 3 atom stereocenters. The number of carboxylic acid groups (broad SMARTS) is 1. The van der Waals surface area contributed by atoms with Crippen LogP contribution in [0.4, 0.5) is 13.2 Å². The molecule has 1 saturated carbocycles. The Hall–Kier alpha value is -2.62. The summed E-state index contributed by atoms with van der Waals surface area (Å²) in [4.78, 5) is 38.4. The van der Waals surface area contributed by atoms with Gasteiger partial charge in [-0.05, 0) is 37.7 Å². The topological polar surface area (TPSA) is 90.0 Å². The fourth-order valence-electron chi connectivity index (χ4n) is 4.73. The summed E-state index contributed by atoms with van der Waals surface area (Å²) in [6.07, 6.45) is -1.21. The number of fused-ring (bicyclic) bond motifs is 2. The largest absolute Gasteiger partial charge is 0.490 e. The highest BCUT2D eigenvalue weighted by Crippen LogP contribution is 2.37. The van der Waals surface area contributed by atoms with E-state index in [2.05, 4.69) is 41.4 Å². The number of rotatable bonds is 4. The van der Waals surface area contributed by atoms with Crippen molar-refractivity contribution < 1.29 is 32.7 Å². The van der Waals surface area contributed by atoms with Crippen molar-refractivity contribution in [2.24, 2.45) is 5.92 Å². The molecule has 2 amide bonds. The van der Waals surface area contributed by atoms with E-state index in [1.807, 2.05) is 4.90 Å². The van der Waals surface area contributed by atoms with Crippen LogP contribution in [0.2, 0.25) is 0 Å². The number of nitrogens with zero attached hydrogens (tertiary/aromatic N) is 2. The number of benzene rings is 1. The van der Waals surface area contributed by atoms with Crippen molar-refractivity contribution in [3.8, 4) is 0 Å². The second-order valence-corrected chi connectivity index (χ2v) is 8.65. The first kappa shape index (κ1) is 24.0. The Labute approximate surface area is 184 Å². The smallest absolute Gasteiger partial charge is 0.475 e. The van der Waals surface area contributed by atoms with Crippen molar-refractivity contribution in [2.45, 2.75) is 57.4 Å². The van der Waals surface area contributed by atoms with Crippen molar-refractivity contribution in [3.63, 3.8) is 0 Å². The number of nitrogens with one attached hydrogen (secondary N) is 1. The molecular formula is C22H28F3N3O4. The van der Waals surface area contributed by atoms with Gasteiger partial charge in [0.15, 0.2) is 0 Å². The van der Waals surface area contributed by atoms with E-state index in [9.17, 15) is 22.8 Å². The van der Waals surface area contributed by atoms with Gasteiger partial charge in [-0.3, -0.25) is 14.5 Å². The van der Waals surface area contributed by atoms with E-state index >= 15 is 0 Å². The van der Waals surface area contributed by atoms with Crippen molar-refractivity contribution in [2.75, 3.05) is 19.6 Å². The summed E-state index contributed by atoms with van der Waals surface area (Å²) >= 11 is 0. The zero-order chi connectivity index (χ0) is 23.5. The second kappa shape index (κ2) is 9.89. The molecule has 32 heavy (non-hydrogen) atoms. The van der Waals surface area contributed by atoms with Crippen LogP contribution in [0, 0.1) is 12.8 Å². The van der Waals surface area contributed by atoms with Gasteiger partial charge in [-0.15, -0.1) is 0 Å². The van der Waals surface area contributed by atoms with Gasteiger partial charge in [0, 0.05) is 32.2 Å². The van der Waals surface area contributed by atoms with Crippen LogP contribution >= 0.6 is 0 Å². The van der Waals surface area contributed by atoms with E-state index in [-0.39, 0.29) is 17.9 Å². The molecule has 3 fully saturated rings. The number of carbonyl (C=O) groups is 3. The molecule has 2 N–H and O–H groups in total. The van der Waals surface area contributed by atoms with E-state index in [0.717, 1.165) is 32.5 Å². The molecule has 7 nitrogen and oxygen atoms in total. The molecule has 1 aromatic carbocycles. The Kier molecular flexibility index (Phi) is 7.43. The van der Waals surface area contributed by atoms with E-state index in [0.29, 0.717) is 24.9 Å². The van der Waals surface area contributed by atoms with Gasteiger partial charge in [-0.25, -0.2) is 4.79 Å². The summed E-state index contributed by atoms with van der Waals surface area (Å²) in [6.45, 7) is 5.15. The van der Waals surface area contributed by atoms with Gasteiger partial charge in [0.1, 0.15) is 0 Å². The minimum Gasteiger partial charge on any atom is -0.475 e. The first-order valence-corrected chi connectivity index (χ1v) is 10.7. The number of alkyl halides is 3. The van der Waals surface area contributed by atoms with Crippen molar-refractivity contribution >= 4 is 17.8 Å². The highest BCUT2D eigenvalue weighted by Gasteiger charge is 2.42. The van der Waals surface area contributed by atoms with Gasteiger partial charge in [0.2, 0.25) is 11.8 Å². The highest BCUT2D eigenvalue weighted by atomic mass is 19.4. The van der Waals surface area contributed by atoms with Gasteiger partial charge in [0.05, 0.1) is 12.5 Å². The third kappa shape index (κ3) is 5.99. The Morgan fingerprint density at radius 2 is 1.97 bits per heavy atom. The second-order valence-electron chi connectivity index (χ2n) is 8.65. The quantitative estimate of drug-likeness (QED) is 0.728. The number of aryl methyl sites for hydroxylation is 1. The lowest BCUT2D eigenvalue weighted by atomic mass is 10.0. The molecule has 0 aromatic heterocycles. The van der Waals surface area contributed by atoms with E-state index in [1.54, 1.807) is 0 Å². The number of hydrogen-bond donors (Lipinski definition) is 2. The predicted octanol–water partition coefficient (Wildman–Crippen LogP) is 2.33. The number of aliphatic carboxylic acids is 1. The summed E-state index contributed by atoms with van der Waals surface area (Å²) in [5, 5.41) is 10.1. The summed E-state index contributed by atoms with van der Waals surface area (Å²) < 4.78 is 31.7. The van der Waals surface area contributed by atoms with Crippen LogP contribution in [0.15, 0.2) is 24.3 Å². The van der Waals surface area contributed by atoms with Crippen molar-refractivity contribution in [1.29, 1.82) is 0 Å². The molecule has 4 rings (SSSR count). The molecule has 1 aliphatic carbocycles. The molecule has 0 radical (unpaired) electrons. The monoisotopic (exact) mass is 455 g/mol. The molecule has 2 bridgehead atoms. The van der Waals surface area contributed by atoms with Gasteiger partial charge in [-0.2, -0.15) is 13.2 Å². The molecule has 3 aliphatic rings. The number of likely N-dealkylation sites (tertiary alicyclic amines) is 1. The molecule has 2 aliphatic heterocycles. The molecule has 1 aromatic rings. The third-order valence-electron chi connectivity index (χ3n) is 6.25. The standard InChI is InChI=1S/C20H27N3O2.C2HF3O2/c1-14-3-2-4-15(9-14)12-22-8-7-21-20(25)18(22)11-19(24)23-13-16-5-6-17(23)10-16;3-2(4,5)1(6)7/h2-4,9,16-18H,5-8,10-13H2,1H3,(H,21,25);(H,6,7)/t16-,17-,18?;/m0./s1. The predicted molar refractivity (Wildman–Crippen MR) is 110 cm³/mol. The molecule has 2 saturated heterocycles. The Morgan fingerprint density at radius 3 is 2.53 bits per heavy atom. The fourth-order valence-corrected chi connectivity index (χ4v) is 4.73. The number of amides is 2. The average Bonchev–Trinajstić information content (AvgIpc) is 3.34. The lowest BCUT2D eigenvalue weighted by molar-refractivity contribution is -0.192. The maximum Gasteiger partial charge on any atom is 0.490 e. The van der Waals surface area contributed by atoms with E-state index in [4.69, 9.17) is 9.90 Å². The average molecular weight is 455 g/mol. The first-order valence-electron chi connectivity index (χ1n) is 10.7. The summed E-state index contributed by atoms with van der Waals surface area (Å²) in [5.41, 5.74) is 2.42. The minimum absolute atomic E-state index is 0.00314. The van der Waals surface area contributed by atoms with Gasteiger partial charge >= 0.3 is 12.1 Å². The Bertz CT molecular complexity index is 861. The number of carbonyl (C=O) groups excluding carboxylic acids is 2. The fraction of sp³-hybridized carbons (Fsp3) is 0.591. The van der Waals surface area contributed by atoms with Crippen LogP contribution in [-0.2, 0) is 20.9 Å². The maximum absolute atomic E-state index is 12.8. The van der Waals surface area contributed by atoms with Crippen LogP contribution in [0.25, 0.3) is 0 Å². The zero-order valence-electron chi connectivity index (χ0n) is 17.9. The number of piperazine rings is 1. The normalized spacial score (nSPS) is 25.2. The summed E-state index contributed by atoms with van der Waals surface area (Å²) in [6, 6.07) is 8.46. The van der Waals surface area contributed by atoms with Gasteiger partial charge in [0.25, 0.3) is 0 Å². The zero-order valence-corrected chi connectivity index (χ0v) is 17.9. The van der Waals surface area contributed by atoms with E-state index in [1.165, 1.54) is 17.5 Å². The molecule has 176 valence electrons. The molecule has 10 heteroatoms. The Balaban J connectivity index is 0.000000360. The minimum atomic E-state index is -5.08.